The number of amides is 1. The van der Waals surface area contributed by atoms with Crippen LogP contribution in [-0.4, -0.2) is 30.0 Å². The second-order valence-corrected chi connectivity index (χ2v) is 6.07. The maximum atomic E-state index is 12.7. The van der Waals surface area contributed by atoms with Gasteiger partial charge in [0.25, 0.3) is 5.91 Å². The molecule has 0 unspecified atom stereocenters. The zero-order chi connectivity index (χ0) is 19.7. The smallest absolute Gasteiger partial charge is 0.374 e. The molecule has 1 aliphatic carbocycles. The summed E-state index contributed by atoms with van der Waals surface area (Å²) in [4.78, 5) is 49.0. The Morgan fingerprint density at radius 3 is 2.21 bits per heavy atom. The number of ether oxygens (including phenoxy) is 1. The van der Waals surface area contributed by atoms with Crippen LogP contribution >= 0.6 is 0 Å². The van der Waals surface area contributed by atoms with Gasteiger partial charge in [-0.05, 0) is 30.3 Å². The summed E-state index contributed by atoms with van der Waals surface area (Å²) in [6.07, 6.45) is 1.32. The molecule has 2 aromatic carbocycles. The second-order valence-electron chi connectivity index (χ2n) is 6.07. The minimum absolute atomic E-state index is 0.00986. The first-order valence-electron chi connectivity index (χ1n) is 8.37. The number of fused-ring (bicyclic) bond motifs is 2. The summed E-state index contributed by atoms with van der Waals surface area (Å²) in [6.45, 7) is -0.521. The molecule has 0 atom stereocenters. The highest BCUT2D eigenvalue weighted by Crippen LogP contribution is 2.29. The van der Waals surface area contributed by atoms with E-state index < -0.39 is 18.5 Å². The molecule has 0 fully saturated rings. The maximum absolute atomic E-state index is 12.7. The molecule has 7 heteroatoms. The topological polar surface area (TPSA) is 103 Å². The predicted molar refractivity (Wildman–Crippen MR) is 97.4 cm³/mol. The zero-order valence-corrected chi connectivity index (χ0v) is 14.4. The predicted octanol–water partition coefficient (Wildman–Crippen LogP) is 2.85. The van der Waals surface area contributed by atoms with Crippen molar-refractivity contribution in [2.45, 2.75) is 0 Å². The van der Waals surface area contributed by atoms with Crippen LogP contribution in [0.5, 0.6) is 0 Å². The molecule has 0 spiro atoms. The fourth-order valence-electron chi connectivity index (χ4n) is 2.97. The van der Waals surface area contributed by atoms with Gasteiger partial charge in [0.05, 0.1) is 6.26 Å². The summed E-state index contributed by atoms with van der Waals surface area (Å²) in [5.74, 6) is -1.89. The van der Waals surface area contributed by atoms with Crippen LogP contribution in [0.15, 0.2) is 65.3 Å². The summed E-state index contributed by atoms with van der Waals surface area (Å²) in [6, 6.07) is 14.0. The minimum atomic E-state index is -0.761. The Balaban J connectivity index is 1.48. The van der Waals surface area contributed by atoms with E-state index in [0.29, 0.717) is 16.8 Å². The Labute approximate surface area is 158 Å². The number of hydrogen-bond donors (Lipinski definition) is 1. The molecule has 0 aliphatic heterocycles. The monoisotopic (exact) mass is 375 g/mol. The molecule has 0 bridgehead atoms. The van der Waals surface area contributed by atoms with E-state index in [1.165, 1.54) is 36.6 Å². The highest BCUT2D eigenvalue weighted by Gasteiger charge is 2.29. The third-order valence-corrected chi connectivity index (χ3v) is 4.27. The van der Waals surface area contributed by atoms with Crippen molar-refractivity contribution in [3.63, 3.8) is 0 Å². The van der Waals surface area contributed by atoms with Crippen molar-refractivity contribution in [1.82, 2.24) is 0 Å². The van der Waals surface area contributed by atoms with Crippen molar-refractivity contribution >= 4 is 29.1 Å². The van der Waals surface area contributed by atoms with Gasteiger partial charge < -0.3 is 14.5 Å². The first-order chi connectivity index (χ1) is 13.5. The molecule has 1 aliphatic rings. The van der Waals surface area contributed by atoms with Crippen LogP contribution in [0.4, 0.5) is 5.69 Å². The van der Waals surface area contributed by atoms with Crippen LogP contribution in [0.2, 0.25) is 0 Å². The molecule has 4 rings (SSSR count). The van der Waals surface area contributed by atoms with E-state index in [0.717, 1.165) is 0 Å². The molecule has 7 nitrogen and oxygen atoms in total. The number of carbonyl (C=O) groups is 4. The van der Waals surface area contributed by atoms with Gasteiger partial charge in [-0.3, -0.25) is 14.4 Å². The number of esters is 1. The number of furan rings is 1. The van der Waals surface area contributed by atoms with Gasteiger partial charge in [0.2, 0.25) is 5.76 Å². The van der Waals surface area contributed by atoms with E-state index in [1.807, 2.05) is 0 Å². The summed E-state index contributed by atoms with van der Waals surface area (Å²) < 4.78 is 9.73. The van der Waals surface area contributed by atoms with E-state index in [2.05, 4.69) is 5.32 Å². The van der Waals surface area contributed by atoms with Crippen LogP contribution in [-0.2, 0) is 9.53 Å². The molecule has 138 valence electrons. The lowest BCUT2D eigenvalue weighted by molar-refractivity contribution is -0.119. The lowest BCUT2D eigenvalue weighted by atomic mass is 9.84. The highest BCUT2D eigenvalue weighted by atomic mass is 16.5. The summed E-state index contributed by atoms with van der Waals surface area (Å²) in [5, 5.41) is 2.54. The van der Waals surface area contributed by atoms with Crippen LogP contribution in [0.3, 0.4) is 0 Å². The van der Waals surface area contributed by atoms with E-state index in [-0.39, 0.29) is 28.5 Å². The van der Waals surface area contributed by atoms with E-state index >= 15 is 0 Å². The number of nitrogens with one attached hydrogen (secondary N) is 1. The largest absolute Gasteiger partial charge is 0.457 e. The number of anilines is 1. The summed E-state index contributed by atoms with van der Waals surface area (Å²) in [7, 11) is 0. The first-order valence-corrected chi connectivity index (χ1v) is 8.37. The quantitative estimate of drug-likeness (QED) is 0.550. The lowest BCUT2D eigenvalue weighted by Crippen LogP contribution is -2.23. The Bertz CT molecular complexity index is 1110. The first kappa shape index (κ1) is 17.4. The standard InChI is InChI=1S/C21H13NO6/c23-18(11-28-21(26)17-6-3-9-27-17)22-12-7-8-15-16(10-12)20(25)14-5-2-1-4-13(14)19(15)24/h1-10H,11H2,(H,22,23). The number of rotatable bonds is 4. The van der Waals surface area contributed by atoms with Crippen LogP contribution in [0, 0.1) is 0 Å². The molecule has 0 radical (unpaired) electrons. The minimum Gasteiger partial charge on any atom is -0.457 e. The molecule has 1 heterocycles. The van der Waals surface area contributed by atoms with Crippen molar-refractivity contribution in [2.75, 3.05) is 11.9 Å². The second kappa shape index (κ2) is 6.96. The average Bonchev–Trinajstić information content (AvgIpc) is 3.25. The van der Waals surface area contributed by atoms with Gasteiger partial charge in [-0.1, -0.05) is 24.3 Å². The summed E-state index contributed by atoms with van der Waals surface area (Å²) >= 11 is 0. The van der Waals surface area contributed by atoms with Crippen molar-refractivity contribution < 1.29 is 28.3 Å². The Kier molecular flexibility index (Phi) is 4.33. The normalized spacial score (nSPS) is 12.1. The van der Waals surface area contributed by atoms with Gasteiger partial charge in [0, 0.05) is 27.9 Å². The van der Waals surface area contributed by atoms with Crippen molar-refractivity contribution in [1.29, 1.82) is 0 Å². The van der Waals surface area contributed by atoms with E-state index in [9.17, 15) is 19.2 Å². The molecule has 28 heavy (non-hydrogen) atoms. The van der Waals surface area contributed by atoms with E-state index in [4.69, 9.17) is 9.15 Å². The fraction of sp³-hybridized carbons (Fsp3) is 0.0476. The number of benzene rings is 2. The van der Waals surface area contributed by atoms with Gasteiger partial charge in [-0.25, -0.2) is 4.79 Å². The van der Waals surface area contributed by atoms with Gasteiger partial charge in [-0.2, -0.15) is 0 Å². The maximum Gasteiger partial charge on any atom is 0.374 e. The SMILES string of the molecule is O=C(COC(=O)c1ccco1)Nc1ccc2c(c1)C(=O)c1ccccc1C2=O. The Hall–Kier alpha value is -4.00. The van der Waals surface area contributed by atoms with Gasteiger partial charge in [0.15, 0.2) is 18.2 Å². The number of hydrogen-bond acceptors (Lipinski definition) is 6. The lowest BCUT2D eigenvalue weighted by Gasteiger charge is -2.18. The Morgan fingerprint density at radius 1 is 0.857 bits per heavy atom. The molecule has 0 saturated heterocycles. The van der Waals surface area contributed by atoms with Crippen molar-refractivity contribution in [2.24, 2.45) is 0 Å². The molecule has 3 aromatic rings. The van der Waals surface area contributed by atoms with Crippen LogP contribution in [0.25, 0.3) is 0 Å². The molecular weight excluding hydrogens is 362 g/mol. The summed E-state index contributed by atoms with van der Waals surface area (Å²) in [5.41, 5.74) is 1.51. The highest BCUT2D eigenvalue weighted by molar-refractivity contribution is 6.28. The number of carbonyl (C=O) groups excluding carboxylic acids is 4. The van der Waals surface area contributed by atoms with Crippen molar-refractivity contribution in [3.05, 3.63) is 88.9 Å². The van der Waals surface area contributed by atoms with Crippen molar-refractivity contribution in [3.8, 4) is 0 Å². The molecular formula is C21H13NO6. The molecule has 0 saturated carbocycles. The third-order valence-electron chi connectivity index (χ3n) is 4.27. The van der Waals surface area contributed by atoms with E-state index in [1.54, 1.807) is 24.3 Å². The van der Waals surface area contributed by atoms with Crippen LogP contribution in [0.1, 0.15) is 42.4 Å². The number of ketones is 2. The van der Waals surface area contributed by atoms with Gasteiger partial charge in [0.1, 0.15) is 0 Å². The molecule has 1 amide bonds. The average molecular weight is 375 g/mol. The Morgan fingerprint density at radius 2 is 1.54 bits per heavy atom. The third kappa shape index (κ3) is 3.09. The van der Waals surface area contributed by atoms with Crippen LogP contribution < -0.4 is 5.32 Å². The molecule has 1 aromatic heterocycles. The zero-order valence-electron chi connectivity index (χ0n) is 14.4. The molecule has 1 N–H and O–H groups in total. The van der Waals surface area contributed by atoms with Gasteiger partial charge >= 0.3 is 5.97 Å². The van der Waals surface area contributed by atoms with Gasteiger partial charge in [-0.15, -0.1) is 0 Å². The fourth-order valence-corrected chi connectivity index (χ4v) is 2.97.